The third-order valence-corrected chi connectivity index (χ3v) is 7.00. The Balaban J connectivity index is 1.58. The largest absolute Gasteiger partial charge is 0.391 e. The van der Waals surface area contributed by atoms with Crippen LogP contribution in [-0.2, 0) is 0 Å². The summed E-state index contributed by atoms with van der Waals surface area (Å²) < 4.78 is 3.57. The summed E-state index contributed by atoms with van der Waals surface area (Å²) >= 11 is 1.44. The molecule has 3 aromatic heterocycles. The molecule has 4 aromatic rings. The third kappa shape index (κ3) is 3.64. The van der Waals surface area contributed by atoms with Crippen LogP contribution in [0.15, 0.2) is 64.9 Å². The van der Waals surface area contributed by atoms with Crippen LogP contribution in [0.4, 0.5) is 0 Å². The van der Waals surface area contributed by atoms with Crippen LogP contribution in [0.3, 0.4) is 0 Å². The van der Waals surface area contributed by atoms with Crippen molar-refractivity contribution >= 4 is 17.3 Å². The van der Waals surface area contributed by atoms with E-state index in [2.05, 4.69) is 22.3 Å². The van der Waals surface area contributed by atoms with E-state index in [0.29, 0.717) is 16.6 Å². The molecule has 8 heteroatoms. The van der Waals surface area contributed by atoms with Crippen LogP contribution in [0.1, 0.15) is 42.9 Å². The van der Waals surface area contributed by atoms with Crippen molar-refractivity contribution in [3.63, 3.8) is 0 Å². The molecule has 0 radical (unpaired) electrons. The van der Waals surface area contributed by atoms with Crippen molar-refractivity contribution in [2.24, 2.45) is 0 Å². The van der Waals surface area contributed by atoms with Crippen molar-refractivity contribution < 1.29 is 5.11 Å². The summed E-state index contributed by atoms with van der Waals surface area (Å²) in [5, 5.41) is 38.4. The monoisotopic (exact) mass is 440 g/mol. The molecular weight excluding hydrogens is 420 g/mol. The fourth-order valence-corrected chi connectivity index (χ4v) is 5.33. The number of aromatic nitrogens is 4. The molecule has 0 saturated heterocycles. The second kappa shape index (κ2) is 8.51. The molecule has 0 bridgehead atoms. The Hall–Kier alpha value is -3.59. The molecule has 0 spiro atoms. The predicted molar refractivity (Wildman–Crippen MR) is 120 cm³/mol. The Bertz CT molecular complexity index is 1380. The molecular formula is C24H20N6OS. The number of pyridine rings is 1. The smallest absolute Gasteiger partial charge is 0.103 e. The SMILES string of the molecule is N#Cc1ccccc1Sc1cc(-c2cnn(C3CCCCC3O)c2)cn2ncc(C#N)c12. The van der Waals surface area contributed by atoms with Crippen LogP contribution in [0.25, 0.3) is 16.6 Å². The van der Waals surface area contributed by atoms with E-state index in [0.717, 1.165) is 46.6 Å². The molecule has 1 aromatic carbocycles. The minimum Gasteiger partial charge on any atom is -0.391 e. The van der Waals surface area contributed by atoms with Gasteiger partial charge in [0, 0.05) is 33.3 Å². The molecule has 5 rings (SSSR count). The first-order valence-corrected chi connectivity index (χ1v) is 11.3. The number of benzene rings is 1. The Morgan fingerprint density at radius 2 is 1.75 bits per heavy atom. The molecule has 2 atom stereocenters. The fourth-order valence-electron chi connectivity index (χ4n) is 4.24. The zero-order valence-corrected chi connectivity index (χ0v) is 18.0. The zero-order valence-electron chi connectivity index (χ0n) is 17.2. The second-order valence-electron chi connectivity index (χ2n) is 7.89. The van der Waals surface area contributed by atoms with E-state index in [1.54, 1.807) is 23.0 Å². The number of nitrogens with zero attached hydrogens (tertiary/aromatic N) is 6. The number of hydrogen-bond acceptors (Lipinski definition) is 6. The molecule has 158 valence electrons. The van der Waals surface area contributed by atoms with Crippen molar-refractivity contribution in [2.45, 2.75) is 47.6 Å². The Kier molecular flexibility index (Phi) is 5.40. The highest BCUT2D eigenvalue weighted by molar-refractivity contribution is 7.99. The van der Waals surface area contributed by atoms with E-state index in [9.17, 15) is 15.6 Å². The van der Waals surface area contributed by atoms with Crippen LogP contribution in [-0.4, -0.2) is 30.6 Å². The van der Waals surface area contributed by atoms with Gasteiger partial charge in [0.1, 0.15) is 12.1 Å². The summed E-state index contributed by atoms with van der Waals surface area (Å²) in [6, 6.07) is 13.9. The molecule has 2 unspecified atom stereocenters. The standard InChI is InChI=1S/C24H20N6OS/c25-10-16-5-1-4-8-22(16)32-23-9-17(14-30-24(23)18(11-26)12-28-30)19-13-27-29(15-19)20-6-2-3-7-21(20)31/h1,4-5,8-9,12-15,20-21,31H,2-3,6-7H2. The molecule has 7 nitrogen and oxygen atoms in total. The van der Waals surface area contributed by atoms with Crippen molar-refractivity contribution in [3.8, 4) is 23.3 Å². The lowest BCUT2D eigenvalue weighted by Crippen LogP contribution is -2.27. The summed E-state index contributed by atoms with van der Waals surface area (Å²) in [5.41, 5.74) is 3.59. The average molecular weight is 441 g/mol. The second-order valence-corrected chi connectivity index (χ2v) is 8.98. The number of rotatable bonds is 4. The van der Waals surface area contributed by atoms with Gasteiger partial charge in [-0.15, -0.1) is 0 Å². The number of aliphatic hydroxyl groups excluding tert-OH is 1. The molecule has 1 fully saturated rings. The van der Waals surface area contributed by atoms with Gasteiger partial charge in [0.25, 0.3) is 0 Å². The van der Waals surface area contributed by atoms with E-state index in [1.807, 2.05) is 41.3 Å². The van der Waals surface area contributed by atoms with E-state index in [-0.39, 0.29) is 12.1 Å². The molecule has 0 aliphatic heterocycles. The topological polar surface area (TPSA) is 103 Å². The maximum absolute atomic E-state index is 10.4. The Labute approximate surface area is 189 Å². The summed E-state index contributed by atoms with van der Waals surface area (Å²) in [7, 11) is 0. The van der Waals surface area contributed by atoms with Gasteiger partial charge in [0.2, 0.25) is 0 Å². The molecule has 3 heterocycles. The summed E-state index contributed by atoms with van der Waals surface area (Å²) in [6.45, 7) is 0. The van der Waals surface area contributed by atoms with E-state index in [4.69, 9.17) is 0 Å². The summed E-state index contributed by atoms with van der Waals surface area (Å²) in [4.78, 5) is 1.66. The van der Waals surface area contributed by atoms with Crippen LogP contribution in [0, 0.1) is 22.7 Å². The Morgan fingerprint density at radius 1 is 0.938 bits per heavy atom. The third-order valence-electron chi connectivity index (χ3n) is 5.89. The lowest BCUT2D eigenvalue weighted by Gasteiger charge is -2.27. The minimum absolute atomic E-state index is 0.00697. The van der Waals surface area contributed by atoms with Crippen molar-refractivity contribution in [2.75, 3.05) is 0 Å². The number of fused-ring (bicyclic) bond motifs is 1. The van der Waals surface area contributed by atoms with Gasteiger partial charge >= 0.3 is 0 Å². The number of aliphatic hydroxyl groups is 1. The van der Waals surface area contributed by atoms with Gasteiger partial charge in [-0.25, -0.2) is 4.52 Å². The van der Waals surface area contributed by atoms with Crippen LogP contribution >= 0.6 is 11.8 Å². The van der Waals surface area contributed by atoms with Crippen LogP contribution < -0.4 is 0 Å². The van der Waals surface area contributed by atoms with E-state index in [1.165, 1.54) is 11.8 Å². The van der Waals surface area contributed by atoms with Crippen LogP contribution in [0.2, 0.25) is 0 Å². The van der Waals surface area contributed by atoms with Gasteiger partial charge < -0.3 is 5.11 Å². The summed E-state index contributed by atoms with van der Waals surface area (Å²) in [6.07, 6.45) is 10.7. The van der Waals surface area contributed by atoms with Crippen molar-refractivity contribution in [1.82, 2.24) is 19.4 Å². The predicted octanol–water partition coefficient (Wildman–Crippen LogP) is 4.57. The first kappa shape index (κ1) is 20.3. The van der Waals surface area contributed by atoms with Gasteiger partial charge in [-0.2, -0.15) is 20.7 Å². The lowest BCUT2D eigenvalue weighted by molar-refractivity contribution is 0.0695. The van der Waals surface area contributed by atoms with E-state index >= 15 is 0 Å². The zero-order chi connectivity index (χ0) is 22.1. The minimum atomic E-state index is -0.378. The molecule has 32 heavy (non-hydrogen) atoms. The summed E-state index contributed by atoms with van der Waals surface area (Å²) in [5.74, 6) is 0. The maximum Gasteiger partial charge on any atom is 0.103 e. The van der Waals surface area contributed by atoms with Gasteiger partial charge in [0.15, 0.2) is 0 Å². The highest BCUT2D eigenvalue weighted by atomic mass is 32.2. The molecule has 1 aliphatic rings. The molecule has 1 saturated carbocycles. The number of hydrogen-bond donors (Lipinski definition) is 1. The maximum atomic E-state index is 10.4. The van der Waals surface area contributed by atoms with Crippen molar-refractivity contribution in [1.29, 1.82) is 10.5 Å². The highest BCUT2D eigenvalue weighted by Gasteiger charge is 2.25. The molecule has 1 N–H and O–H groups in total. The fraction of sp³-hybridized carbons (Fsp3) is 0.250. The van der Waals surface area contributed by atoms with Gasteiger partial charge in [-0.05, 0) is 31.0 Å². The number of nitriles is 2. The Morgan fingerprint density at radius 3 is 2.56 bits per heavy atom. The first-order valence-electron chi connectivity index (χ1n) is 10.5. The highest BCUT2D eigenvalue weighted by Crippen LogP contribution is 2.37. The van der Waals surface area contributed by atoms with Crippen molar-refractivity contribution in [3.05, 3.63) is 66.2 Å². The normalized spacial score (nSPS) is 18.3. The lowest BCUT2D eigenvalue weighted by atomic mass is 9.93. The average Bonchev–Trinajstić information content (AvgIpc) is 3.47. The molecule has 0 amide bonds. The van der Waals surface area contributed by atoms with Gasteiger partial charge in [-0.1, -0.05) is 36.7 Å². The quantitative estimate of drug-likeness (QED) is 0.499. The first-order chi connectivity index (χ1) is 15.7. The molecule has 1 aliphatic carbocycles. The van der Waals surface area contributed by atoms with Gasteiger partial charge in [-0.3, -0.25) is 4.68 Å². The van der Waals surface area contributed by atoms with Gasteiger partial charge in [0.05, 0.1) is 41.2 Å². The van der Waals surface area contributed by atoms with E-state index < -0.39 is 0 Å². The van der Waals surface area contributed by atoms with Crippen LogP contribution in [0.5, 0.6) is 0 Å².